The molecule has 0 atom stereocenters. The average molecular weight is 1490 g/mol. The van der Waals surface area contributed by atoms with Gasteiger partial charge in [0.15, 0.2) is 34.9 Å². The zero-order chi connectivity index (χ0) is 68.2. The van der Waals surface area contributed by atoms with Crippen LogP contribution >= 0.6 is 78.3 Å². The van der Waals surface area contributed by atoms with E-state index in [0.29, 0.717) is 60.5 Å². The zero-order valence-corrected chi connectivity index (χ0v) is 58.7. The summed E-state index contributed by atoms with van der Waals surface area (Å²) in [6.45, 7) is 0. The third kappa shape index (κ3) is 17.3. The van der Waals surface area contributed by atoms with Crippen LogP contribution in [-0.2, 0) is 0 Å². The second-order valence-electron chi connectivity index (χ2n) is 23.0. The van der Waals surface area contributed by atoms with Crippen LogP contribution in [0.25, 0.3) is 135 Å². The maximum absolute atomic E-state index is 8.58. The smallest absolute Gasteiger partial charge is 0.423 e. The van der Waals surface area contributed by atoms with Crippen LogP contribution in [0.2, 0.25) is 20.1 Å². The lowest BCUT2D eigenvalue weighted by Gasteiger charge is -2.13. The van der Waals surface area contributed by atoms with Crippen LogP contribution in [0.5, 0.6) is 0 Å². The minimum atomic E-state index is -1.34. The van der Waals surface area contributed by atoms with Crippen molar-refractivity contribution in [1.29, 1.82) is 0 Å². The summed E-state index contributed by atoms with van der Waals surface area (Å²) in [6.07, 6.45) is 0. The fourth-order valence-electron chi connectivity index (χ4n) is 11.2. The van der Waals surface area contributed by atoms with Crippen molar-refractivity contribution in [3.63, 3.8) is 0 Å². The monoisotopic (exact) mass is 1490 g/mol. The number of aromatic nitrogens is 6. The number of nitrogens with zero attached hydrogens (tertiary/aromatic N) is 6. The predicted molar refractivity (Wildman–Crippen MR) is 417 cm³/mol. The summed E-state index contributed by atoms with van der Waals surface area (Å²) in [5, 5.41) is 19.5. The first-order valence-electron chi connectivity index (χ1n) is 31.4. The van der Waals surface area contributed by atoms with Crippen LogP contribution in [-0.4, -0.2) is 47.1 Å². The van der Waals surface area contributed by atoms with E-state index in [1.165, 1.54) is 0 Å². The van der Waals surface area contributed by atoms with Gasteiger partial charge in [-0.3, -0.25) is 0 Å². The minimum Gasteiger partial charge on any atom is -0.423 e. The standard InChI is InChI=1S/C45H29Cl2N3.C33H19Br2Cl2N3.C6H7BO2/c46-41-26-36(32-17-9-3-10-18-32)24-39(28-41)44-48-43(49-45(50-44)40-25-37(27-42(47)29-40)33-19-11-4-12-20-33)38-22-34(30-13-5-1-6-14-30)21-35(23-38)31-15-7-2-8-16-31;34-27-13-26(14-28(35)19-27)33-39-31(24-11-22(15-29(36)17-24)20-7-3-1-4-8-20)38-32(40-33)25-12-23(16-30(37)18-25)21-9-5-2-6-10-21;8-7(9)6-4-2-1-3-5-6/h1-29H;1-19H;1-5,8-9H. The maximum Gasteiger partial charge on any atom is 0.488 e. The van der Waals surface area contributed by atoms with Gasteiger partial charge in [0.25, 0.3) is 0 Å². The van der Waals surface area contributed by atoms with E-state index in [-0.39, 0.29) is 0 Å². The summed E-state index contributed by atoms with van der Waals surface area (Å²) in [5.74, 6) is 3.12. The minimum absolute atomic E-state index is 0.511. The van der Waals surface area contributed by atoms with E-state index in [0.717, 1.165) is 109 Å². The Bertz CT molecular complexity index is 5020. The normalized spacial score (nSPS) is 10.8. The van der Waals surface area contributed by atoms with E-state index in [1.54, 1.807) is 24.3 Å². The van der Waals surface area contributed by atoms with E-state index in [2.05, 4.69) is 159 Å². The van der Waals surface area contributed by atoms with Crippen molar-refractivity contribution in [3.8, 4) is 135 Å². The van der Waals surface area contributed by atoms with Crippen molar-refractivity contribution in [2.45, 2.75) is 0 Å². The molecule has 99 heavy (non-hydrogen) atoms. The first-order valence-corrected chi connectivity index (χ1v) is 34.5. The molecule has 15 heteroatoms. The van der Waals surface area contributed by atoms with Gasteiger partial charge in [-0.05, 0) is 181 Å². The lowest BCUT2D eigenvalue weighted by Crippen LogP contribution is -2.29. The Morgan fingerprint density at radius 3 is 0.586 bits per heavy atom. The highest BCUT2D eigenvalue weighted by atomic mass is 79.9. The Balaban J connectivity index is 0.000000161. The highest BCUT2D eigenvalue weighted by Crippen LogP contribution is 2.39. The van der Waals surface area contributed by atoms with E-state index < -0.39 is 7.12 Å². The quantitative estimate of drug-likeness (QED) is 0.110. The van der Waals surface area contributed by atoms with Crippen LogP contribution in [0.1, 0.15) is 0 Å². The molecule has 13 aromatic carbocycles. The van der Waals surface area contributed by atoms with Gasteiger partial charge in [0, 0.05) is 62.4 Å². The predicted octanol–water partition coefficient (Wildman–Crippen LogP) is 23.3. The summed E-state index contributed by atoms with van der Waals surface area (Å²) >= 11 is 33.9. The first kappa shape index (κ1) is 67.5. The van der Waals surface area contributed by atoms with Crippen molar-refractivity contribution >= 4 is 90.8 Å². The summed E-state index contributed by atoms with van der Waals surface area (Å²) in [4.78, 5) is 30.1. The molecule has 0 bridgehead atoms. The van der Waals surface area contributed by atoms with Gasteiger partial charge in [0.05, 0.1) is 0 Å². The SMILES string of the molecule is Clc1cc(-c2ccccc2)cc(-c2nc(-c3cc(Br)cc(Br)c3)nc(-c3cc(Cl)cc(-c4ccccc4)c3)n2)c1.Clc1cc(-c2ccccc2)cc(-c2nc(-c3cc(Cl)cc(-c4ccccc4)c3)nc(-c3cc(-c4ccccc4)cc(-c4ccccc4)c3)n2)c1.OB(O)c1ccccc1. The van der Waals surface area contributed by atoms with Crippen molar-refractivity contribution in [2.75, 3.05) is 0 Å². The van der Waals surface area contributed by atoms with E-state index >= 15 is 0 Å². The van der Waals surface area contributed by atoms with Crippen LogP contribution < -0.4 is 5.46 Å². The number of benzene rings is 13. The number of hydrogen-bond donors (Lipinski definition) is 2. The van der Waals surface area contributed by atoms with Crippen LogP contribution in [0.4, 0.5) is 0 Å². The van der Waals surface area contributed by atoms with Crippen LogP contribution in [0, 0.1) is 0 Å². The van der Waals surface area contributed by atoms with Crippen LogP contribution in [0.15, 0.2) is 330 Å². The zero-order valence-electron chi connectivity index (χ0n) is 52.5. The molecule has 2 N–H and O–H groups in total. The van der Waals surface area contributed by atoms with Crippen molar-refractivity contribution in [3.05, 3.63) is 351 Å². The molecule has 0 radical (unpaired) electrons. The molecule has 15 rings (SSSR count). The van der Waals surface area contributed by atoms with E-state index in [1.807, 2.05) is 170 Å². The lowest BCUT2D eigenvalue weighted by atomic mass is 9.81. The fraction of sp³-hybridized carbons (Fsp3) is 0. The third-order valence-corrected chi connectivity index (χ3v) is 17.7. The van der Waals surface area contributed by atoms with Gasteiger partial charge >= 0.3 is 7.12 Å². The largest absolute Gasteiger partial charge is 0.488 e. The Morgan fingerprint density at radius 1 is 0.202 bits per heavy atom. The molecule has 0 amide bonds. The molecule has 15 aromatic rings. The molecular weight excluding hydrogens is 1440 g/mol. The molecule has 0 spiro atoms. The number of rotatable bonds is 13. The molecule has 2 heterocycles. The van der Waals surface area contributed by atoms with Gasteiger partial charge in [-0.2, -0.15) is 0 Å². The number of halogens is 6. The van der Waals surface area contributed by atoms with Gasteiger partial charge in [-0.15, -0.1) is 0 Å². The summed E-state index contributed by atoms with van der Waals surface area (Å²) in [5.41, 5.74) is 17.8. The van der Waals surface area contributed by atoms with Crippen molar-refractivity contribution in [1.82, 2.24) is 29.9 Å². The lowest BCUT2D eigenvalue weighted by molar-refractivity contribution is 0.426. The average Bonchev–Trinajstić information content (AvgIpc) is 0.834. The topological polar surface area (TPSA) is 118 Å². The summed E-state index contributed by atoms with van der Waals surface area (Å²) in [6, 6.07) is 106. The van der Waals surface area contributed by atoms with Gasteiger partial charge in [0.1, 0.15) is 0 Å². The molecule has 0 saturated heterocycles. The molecule has 0 aliphatic carbocycles. The fourth-order valence-corrected chi connectivity index (χ4v) is 13.5. The second kappa shape index (κ2) is 31.7. The van der Waals surface area contributed by atoms with Gasteiger partial charge in [-0.1, -0.05) is 291 Å². The molecule has 0 aliphatic rings. The third-order valence-electron chi connectivity index (χ3n) is 15.9. The van der Waals surface area contributed by atoms with E-state index in [9.17, 15) is 0 Å². The van der Waals surface area contributed by atoms with Gasteiger partial charge < -0.3 is 10.0 Å². The summed E-state index contributed by atoms with van der Waals surface area (Å²) in [7, 11) is -1.34. The highest BCUT2D eigenvalue weighted by Gasteiger charge is 2.20. The van der Waals surface area contributed by atoms with Crippen molar-refractivity contribution < 1.29 is 10.0 Å². The molecule has 0 unspecified atom stereocenters. The molecule has 0 aliphatic heterocycles. The maximum atomic E-state index is 8.58. The second-order valence-corrected chi connectivity index (χ2v) is 26.5. The molecule has 0 fully saturated rings. The van der Waals surface area contributed by atoms with E-state index in [4.69, 9.17) is 86.4 Å². The Labute approximate surface area is 611 Å². The van der Waals surface area contributed by atoms with Crippen molar-refractivity contribution in [2.24, 2.45) is 0 Å². The van der Waals surface area contributed by atoms with Crippen LogP contribution in [0.3, 0.4) is 0 Å². The Morgan fingerprint density at radius 2 is 0.374 bits per heavy atom. The molecular formula is C84H55BBr2Cl4N6O2. The molecule has 0 saturated carbocycles. The van der Waals surface area contributed by atoms with Gasteiger partial charge in [0.2, 0.25) is 0 Å². The Kier molecular flexibility index (Phi) is 21.6. The summed E-state index contributed by atoms with van der Waals surface area (Å²) < 4.78 is 1.81. The highest BCUT2D eigenvalue weighted by molar-refractivity contribution is 9.11. The first-order chi connectivity index (χ1) is 48.3. The Hall–Kier alpha value is -10.0. The van der Waals surface area contributed by atoms with Gasteiger partial charge in [-0.25, -0.2) is 29.9 Å². The molecule has 2 aromatic heterocycles. The molecule has 478 valence electrons. The number of hydrogen-bond acceptors (Lipinski definition) is 8. The molecule has 8 nitrogen and oxygen atoms in total.